The molecule has 0 atom stereocenters. The number of rotatable bonds is 4. The quantitative estimate of drug-likeness (QED) is 0.569. The van der Waals surface area contributed by atoms with E-state index in [1.807, 2.05) is 4.90 Å². The number of fused-ring (bicyclic) bond motifs is 1. The van der Waals surface area contributed by atoms with Gasteiger partial charge >= 0.3 is 6.09 Å². The molecule has 0 unspecified atom stereocenters. The van der Waals surface area contributed by atoms with Crippen molar-refractivity contribution >= 4 is 33.4 Å². The highest BCUT2D eigenvalue weighted by Gasteiger charge is 2.38. The standard InChI is InChI=1S/C22H27N5O5S/c1-16-20(24-19-7-5-6-10-26(16)19)27(21(28)32-22(2,3)4)33(29,30)17-8-9-18(23-15-17)25-11-13-31-14-12-25/h5-10,15H,11-14H2,1-4H3. The van der Waals surface area contributed by atoms with Crippen LogP contribution in [0.1, 0.15) is 26.5 Å². The third-order valence-electron chi connectivity index (χ3n) is 5.09. The molecule has 1 saturated heterocycles. The zero-order valence-electron chi connectivity index (χ0n) is 19.1. The van der Waals surface area contributed by atoms with Crippen LogP contribution in [0.5, 0.6) is 0 Å². The van der Waals surface area contributed by atoms with E-state index < -0.39 is 21.7 Å². The molecular formula is C22H27N5O5S. The van der Waals surface area contributed by atoms with Crippen LogP contribution in [0.15, 0.2) is 47.6 Å². The van der Waals surface area contributed by atoms with Gasteiger partial charge in [0, 0.05) is 25.5 Å². The van der Waals surface area contributed by atoms with E-state index in [-0.39, 0.29) is 10.7 Å². The van der Waals surface area contributed by atoms with E-state index in [1.165, 1.54) is 12.3 Å². The summed E-state index contributed by atoms with van der Waals surface area (Å²) >= 11 is 0. The summed E-state index contributed by atoms with van der Waals surface area (Å²) in [6.45, 7) is 9.22. The second-order valence-corrected chi connectivity index (χ2v) is 10.4. The van der Waals surface area contributed by atoms with E-state index in [0.29, 0.717) is 47.8 Å². The molecule has 0 spiro atoms. The van der Waals surface area contributed by atoms with Gasteiger partial charge in [-0.1, -0.05) is 6.07 Å². The largest absolute Gasteiger partial charge is 0.443 e. The molecule has 1 amide bonds. The third-order valence-corrected chi connectivity index (χ3v) is 6.73. The summed E-state index contributed by atoms with van der Waals surface area (Å²) in [5, 5.41) is 0. The molecule has 1 aliphatic heterocycles. The van der Waals surface area contributed by atoms with Crippen LogP contribution in [-0.4, -0.2) is 60.8 Å². The second kappa shape index (κ2) is 8.64. The SMILES string of the molecule is Cc1c(N(C(=O)OC(C)(C)C)S(=O)(=O)c2ccc(N3CCOCC3)nc2)nc2ccccn12. The zero-order valence-corrected chi connectivity index (χ0v) is 19.9. The van der Waals surface area contributed by atoms with Crippen molar-refractivity contribution in [2.45, 2.75) is 38.2 Å². The van der Waals surface area contributed by atoms with Gasteiger partial charge in [-0.15, -0.1) is 4.31 Å². The number of sulfonamides is 1. The number of pyridine rings is 2. The molecule has 0 saturated carbocycles. The van der Waals surface area contributed by atoms with Gasteiger partial charge in [0.05, 0.1) is 18.9 Å². The smallest absolute Gasteiger partial charge is 0.430 e. The lowest BCUT2D eigenvalue weighted by molar-refractivity contribution is 0.0608. The number of amides is 1. The highest BCUT2D eigenvalue weighted by molar-refractivity contribution is 7.93. The second-order valence-electron chi connectivity index (χ2n) is 8.65. The number of hydrogen-bond donors (Lipinski definition) is 0. The highest BCUT2D eigenvalue weighted by Crippen LogP contribution is 2.29. The summed E-state index contributed by atoms with van der Waals surface area (Å²) in [6, 6.07) is 8.38. The first kappa shape index (κ1) is 23.0. The van der Waals surface area contributed by atoms with Crippen LogP contribution in [0.25, 0.3) is 5.65 Å². The topological polar surface area (TPSA) is 106 Å². The van der Waals surface area contributed by atoms with E-state index >= 15 is 0 Å². The van der Waals surface area contributed by atoms with E-state index in [0.717, 1.165) is 0 Å². The summed E-state index contributed by atoms with van der Waals surface area (Å²) in [5.74, 6) is 0.623. The summed E-state index contributed by atoms with van der Waals surface area (Å²) in [7, 11) is -4.37. The van der Waals surface area contributed by atoms with Gasteiger partial charge in [0.1, 0.15) is 22.0 Å². The number of carbonyl (C=O) groups excluding carboxylic acids is 1. The molecule has 176 valence electrons. The Morgan fingerprint density at radius 3 is 2.48 bits per heavy atom. The first-order valence-electron chi connectivity index (χ1n) is 10.6. The van der Waals surface area contributed by atoms with E-state index in [1.54, 1.807) is 62.6 Å². The summed E-state index contributed by atoms with van der Waals surface area (Å²) in [4.78, 5) is 23.8. The number of aromatic nitrogens is 3. The van der Waals surface area contributed by atoms with Gasteiger partial charge in [0.15, 0.2) is 5.82 Å². The highest BCUT2D eigenvalue weighted by atomic mass is 32.2. The minimum Gasteiger partial charge on any atom is -0.443 e. The molecule has 1 aliphatic rings. The fraction of sp³-hybridized carbons (Fsp3) is 0.409. The fourth-order valence-electron chi connectivity index (χ4n) is 3.51. The average Bonchev–Trinajstić information content (AvgIpc) is 3.09. The third kappa shape index (κ3) is 4.64. The molecule has 10 nitrogen and oxygen atoms in total. The Morgan fingerprint density at radius 1 is 1.15 bits per heavy atom. The lowest BCUT2D eigenvalue weighted by Crippen LogP contribution is -2.41. The Bertz CT molecular complexity index is 1260. The maximum absolute atomic E-state index is 13.7. The monoisotopic (exact) mass is 473 g/mol. The van der Waals surface area contributed by atoms with Crippen molar-refractivity contribution in [3.05, 3.63) is 48.4 Å². The first-order valence-corrected chi connectivity index (χ1v) is 12.0. The molecule has 33 heavy (non-hydrogen) atoms. The van der Waals surface area contributed by atoms with Crippen LogP contribution < -0.4 is 9.21 Å². The van der Waals surface area contributed by atoms with Crippen LogP contribution in [0.2, 0.25) is 0 Å². The number of aryl methyl sites for hydroxylation is 1. The summed E-state index contributed by atoms with van der Waals surface area (Å²) in [5.41, 5.74) is 0.0866. The Hall–Kier alpha value is -3.18. The molecule has 0 aromatic carbocycles. The molecule has 3 aromatic rings. The Morgan fingerprint density at radius 2 is 1.88 bits per heavy atom. The van der Waals surface area contributed by atoms with Gasteiger partial charge in [-0.3, -0.25) is 0 Å². The normalized spacial score (nSPS) is 15.0. The molecule has 0 aliphatic carbocycles. The first-order chi connectivity index (χ1) is 15.6. The molecule has 0 N–H and O–H groups in total. The van der Waals surface area contributed by atoms with Crippen molar-refractivity contribution in [3.8, 4) is 0 Å². The van der Waals surface area contributed by atoms with Crippen molar-refractivity contribution in [1.29, 1.82) is 0 Å². The van der Waals surface area contributed by atoms with Gasteiger partial charge in [-0.05, 0) is 52.0 Å². The molecule has 1 fully saturated rings. The number of anilines is 2. The van der Waals surface area contributed by atoms with Crippen LogP contribution in [0.4, 0.5) is 16.4 Å². The van der Waals surface area contributed by atoms with Crippen molar-refractivity contribution in [2.24, 2.45) is 0 Å². The minimum atomic E-state index is -4.37. The molecule has 4 rings (SSSR count). The van der Waals surface area contributed by atoms with Crippen molar-refractivity contribution in [3.63, 3.8) is 0 Å². The Kier molecular flexibility index (Phi) is 6.02. The zero-order chi connectivity index (χ0) is 23.8. The van der Waals surface area contributed by atoms with Crippen molar-refractivity contribution in [1.82, 2.24) is 14.4 Å². The van der Waals surface area contributed by atoms with Crippen molar-refractivity contribution in [2.75, 3.05) is 35.5 Å². The van der Waals surface area contributed by atoms with Gasteiger partial charge < -0.3 is 18.8 Å². The molecule has 0 bridgehead atoms. The fourth-order valence-corrected chi connectivity index (χ4v) is 4.78. The maximum Gasteiger partial charge on any atom is 0.430 e. The molecule has 11 heteroatoms. The average molecular weight is 474 g/mol. The predicted molar refractivity (Wildman–Crippen MR) is 123 cm³/mol. The maximum atomic E-state index is 13.7. The predicted octanol–water partition coefficient (Wildman–Crippen LogP) is 3.00. The summed E-state index contributed by atoms with van der Waals surface area (Å²) in [6.07, 6.45) is 1.97. The number of morpholine rings is 1. The number of carbonyl (C=O) groups is 1. The van der Waals surface area contributed by atoms with Crippen LogP contribution >= 0.6 is 0 Å². The van der Waals surface area contributed by atoms with Gasteiger partial charge in [-0.25, -0.2) is 23.2 Å². The van der Waals surface area contributed by atoms with Crippen molar-refractivity contribution < 1.29 is 22.7 Å². The van der Waals surface area contributed by atoms with Gasteiger partial charge in [-0.2, -0.15) is 0 Å². The van der Waals surface area contributed by atoms with E-state index in [9.17, 15) is 13.2 Å². The van der Waals surface area contributed by atoms with Crippen LogP contribution in [-0.2, 0) is 19.5 Å². The number of imidazole rings is 1. The molecule has 3 aromatic heterocycles. The lowest BCUT2D eigenvalue weighted by atomic mass is 10.2. The molecular weight excluding hydrogens is 446 g/mol. The molecule has 4 heterocycles. The van der Waals surface area contributed by atoms with E-state index in [2.05, 4.69) is 9.97 Å². The minimum absolute atomic E-state index is 0.0206. The van der Waals surface area contributed by atoms with Gasteiger partial charge in [0.25, 0.3) is 10.0 Å². The van der Waals surface area contributed by atoms with E-state index in [4.69, 9.17) is 9.47 Å². The van der Waals surface area contributed by atoms with Crippen LogP contribution in [0, 0.1) is 6.92 Å². The van der Waals surface area contributed by atoms with Gasteiger partial charge in [0.2, 0.25) is 0 Å². The number of hydrogen-bond acceptors (Lipinski definition) is 8. The Balaban J connectivity index is 1.77. The number of nitrogens with zero attached hydrogens (tertiary/aromatic N) is 5. The number of ether oxygens (including phenoxy) is 2. The van der Waals surface area contributed by atoms with Crippen LogP contribution in [0.3, 0.4) is 0 Å². The summed E-state index contributed by atoms with van der Waals surface area (Å²) < 4.78 is 40.5. The molecule has 0 radical (unpaired) electrons. The lowest BCUT2D eigenvalue weighted by Gasteiger charge is -2.28. The Labute approximate surface area is 192 Å².